The molecule has 0 unspecified atom stereocenters. The molecule has 6 heteroatoms. The summed E-state index contributed by atoms with van der Waals surface area (Å²) in [6.07, 6.45) is 3.26. The van der Waals surface area contributed by atoms with Gasteiger partial charge in [0.15, 0.2) is 11.5 Å². The molecule has 1 aromatic heterocycles. The van der Waals surface area contributed by atoms with E-state index in [0.29, 0.717) is 31.3 Å². The van der Waals surface area contributed by atoms with Gasteiger partial charge in [-0.15, -0.1) is 0 Å². The predicted octanol–water partition coefficient (Wildman–Crippen LogP) is 3.70. The molecule has 1 N–H and O–H groups in total. The molecule has 146 valence electrons. The molecule has 28 heavy (non-hydrogen) atoms. The molecule has 1 heterocycles. The molecule has 0 aliphatic rings. The highest BCUT2D eigenvalue weighted by Crippen LogP contribution is 2.29. The summed E-state index contributed by atoms with van der Waals surface area (Å²) >= 11 is 0. The highest BCUT2D eigenvalue weighted by Gasteiger charge is 2.08. The Morgan fingerprint density at radius 1 is 1.11 bits per heavy atom. The van der Waals surface area contributed by atoms with Crippen LogP contribution in [0.4, 0.5) is 0 Å². The summed E-state index contributed by atoms with van der Waals surface area (Å²) in [7, 11) is 1.95. The second kappa shape index (κ2) is 9.08. The van der Waals surface area contributed by atoms with Crippen molar-refractivity contribution in [3.63, 3.8) is 0 Å². The monoisotopic (exact) mass is 379 g/mol. The summed E-state index contributed by atoms with van der Waals surface area (Å²) in [6, 6.07) is 13.5. The Morgan fingerprint density at radius 2 is 1.86 bits per heavy atom. The topological polar surface area (TPSA) is 65.4 Å². The van der Waals surface area contributed by atoms with E-state index in [1.54, 1.807) is 6.08 Å². The van der Waals surface area contributed by atoms with Crippen LogP contribution in [0.25, 0.3) is 17.1 Å². The highest BCUT2D eigenvalue weighted by atomic mass is 16.5. The second-order valence-electron chi connectivity index (χ2n) is 6.20. The van der Waals surface area contributed by atoms with Gasteiger partial charge in [0.25, 0.3) is 0 Å². The zero-order valence-corrected chi connectivity index (χ0v) is 16.4. The van der Waals surface area contributed by atoms with Gasteiger partial charge in [-0.1, -0.05) is 18.2 Å². The number of aromatic nitrogens is 2. The minimum absolute atomic E-state index is 0.182. The Hall–Kier alpha value is -3.28. The molecule has 2 aromatic carbocycles. The number of fused-ring (bicyclic) bond motifs is 1. The van der Waals surface area contributed by atoms with E-state index in [2.05, 4.69) is 10.3 Å². The summed E-state index contributed by atoms with van der Waals surface area (Å²) < 4.78 is 13.2. The number of carbonyl (C=O) groups excluding carboxylic acids is 1. The van der Waals surface area contributed by atoms with Crippen molar-refractivity contribution in [1.82, 2.24) is 14.9 Å². The largest absolute Gasteiger partial charge is 0.490 e. The highest BCUT2D eigenvalue weighted by molar-refractivity contribution is 5.91. The van der Waals surface area contributed by atoms with Gasteiger partial charge in [-0.2, -0.15) is 0 Å². The van der Waals surface area contributed by atoms with Crippen molar-refractivity contribution in [2.75, 3.05) is 13.2 Å². The van der Waals surface area contributed by atoms with Gasteiger partial charge in [-0.3, -0.25) is 4.79 Å². The number of nitrogens with zero attached hydrogens (tertiary/aromatic N) is 2. The SMILES string of the molecule is CCOc1ccc(/C=C/C(=O)NCc2nc3ccccc3n2C)cc1OCC. The average molecular weight is 379 g/mol. The first-order valence-electron chi connectivity index (χ1n) is 9.38. The van der Waals surface area contributed by atoms with Crippen molar-refractivity contribution in [2.45, 2.75) is 20.4 Å². The average Bonchev–Trinajstić information content (AvgIpc) is 3.03. The fraction of sp³-hybridized carbons (Fsp3) is 0.273. The van der Waals surface area contributed by atoms with Crippen LogP contribution in [0, 0.1) is 0 Å². The van der Waals surface area contributed by atoms with Crippen molar-refractivity contribution in [2.24, 2.45) is 7.05 Å². The van der Waals surface area contributed by atoms with E-state index in [1.165, 1.54) is 6.08 Å². The van der Waals surface area contributed by atoms with Crippen LogP contribution < -0.4 is 14.8 Å². The molecule has 0 aliphatic carbocycles. The van der Waals surface area contributed by atoms with Crippen molar-refractivity contribution >= 4 is 23.0 Å². The Kier molecular flexibility index (Phi) is 6.32. The van der Waals surface area contributed by atoms with Crippen LogP contribution in [0.15, 0.2) is 48.5 Å². The number of aryl methyl sites for hydroxylation is 1. The molecule has 0 saturated heterocycles. The van der Waals surface area contributed by atoms with E-state index < -0.39 is 0 Å². The quantitative estimate of drug-likeness (QED) is 0.606. The Bertz CT molecular complexity index is 992. The fourth-order valence-corrected chi connectivity index (χ4v) is 2.92. The van der Waals surface area contributed by atoms with Crippen molar-refractivity contribution in [3.05, 3.63) is 59.9 Å². The normalized spacial score (nSPS) is 11.1. The minimum Gasteiger partial charge on any atom is -0.490 e. The summed E-state index contributed by atoms with van der Waals surface area (Å²) in [5.41, 5.74) is 2.83. The van der Waals surface area contributed by atoms with Gasteiger partial charge in [-0.05, 0) is 49.8 Å². The zero-order valence-electron chi connectivity index (χ0n) is 16.4. The van der Waals surface area contributed by atoms with Gasteiger partial charge < -0.3 is 19.4 Å². The Balaban J connectivity index is 1.64. The minimum atomic E-state index is -0.182. The number of nitrogens with one attached hydrogen (secondary N) is 1. The lowest BCUT2D eigenvalue weighted by atomic mass is 10.2. The van der Waals surface area contributed by atoms with Gasteiger partial charge in [0.2, 0.25) is 5.91 Å². The number of hydrogen-bond acceptors (Lipinski definition) is 4. The first kappa shape index (κ1) is 19.5. The number of para-hydroxylation sites is 2. The lowest BCUT2D eigenvalue weighted by molar-refractivity contribution is -0.116. The van der Waals surface area contributed by atoms with Crippen LogP contribution in [-0.2, 0) is 18.4 Å². The van der Waals surface area contributed by atoms with Gasteiger partial charge in [0.1, 0.15) is 5.82 Å². The van der Waals surface area contributed by atoms with Gasteiger partial charge in [0, 0.05) is 13.1 Å². The van der Waals surface area contributed by atoms with Crippen LogP contribution in [0.3, 0.4) is 0 Å². The molecule has 6 nitrogen and oxygen atoms in total. The molecule has 0 spiro atoms. The smallest absolute Gasteiger partial charge is 0.244 e. The van der Waals surface area contributed by atoms with E-state index in [0.717, 1.165) is 22.4 Å². The maximum Gasteiger partial charge on any atom is 0.244 e. The molecule has 3 rings (SSSR count). The van der Waals surface area contributed by atoms with Crippen LogP contribution in [0.1, 0.15) is 25.2 Å². The Morgan fingerprint density at radius 3 is 2.61 bits per heavy atom. The van der Waals surface area contributed by atoms with E-state index in [4.69, 9.17) is 9.47 Å². The predicted molar refractivity (Wildman–Crippen MR) is 110 cm³/mol. The van der Waals surface area contributed by atoms with Crippen molar-refractivity contribution < 1.29 is 14.3 Å². The molecule has 0 fully saturated rings. The van der Waals surface area contributed by atoms with E-state index >= 15 is 0 Å². The van der Waals surface area contributed by atoms with Crippen molar-refractivity contribution in [3.8, 4) is 11.5 Å². The second-order valence-corrected chi connectivity index (χ2v) is 6.20. The number of carbonyl (C=O) groups is 1. The van der Waals surface area contributed by atoms with Gasteiger partial charge in [0.05, 0.1) is 30.8 Å². The first-order valence-corrected chi connectivity index (χ1v) is 9.38. The number of imidazole rings is 1. The third-order valence-electron chi connectivity index (χ3n) is 4.30. The lowest BCUT2D eigenvalue weighted by Crippen LogP contribution is -2.22. The molecular weight excluding hydrogens is 354 g/mol. The van der Waals surface area contributed by atoms with Gasteiger partial charge >= 0.3 is 0 Å². The summed E-state index contributed by atoms with van der Waals surface area (Å²) in [4.78, 5) is 16.8. The molecule has 1 amide bonds. The standard InChI is InChI=1S/C22H25N3O3/c1-4-27-19-12-10-16(14-20(19)28-5-2)11-13-22(26)23-15-21-24-17-8-6-7-9-18(17)25(21)3/h6-14H,4-5,15H2,1-3H3,(H,23,26)/b13-11+. The number of benzene rings is 2. The van der Waals surface area contributed by atoms with Crippen LogP contribution >= 0.6 is 0 Å². The fourth-order valence-electron chi connectivity index (χ4n) is 2.92. The van der Waals surface area contributed by atoms with E-state index in [-0.39, 0.29) is 5.91 Å². The molecule has 0 bridgehead atoms. The lowest BCUT2D eigenvalue weighted by Gasteiger charge is -2.11. The summed E-state index contributed by atoms with van der Waals surface area (Å²) in [6.45, 7) is 5.33. The van der Waals surface area contributed by atoms with E-state index in [9.17, 15) is 4.79 Å². The molecule has 3 aromatic rings. The van der Waals surface area contributed by atoms with E-state index in [1.807, 2.05) is 67.9 Å². The Labute approximate surface area is 164 Å². The number of ether oxygens (including phenoxy) is 2. The molecule has 0 aliphatic heterocycles. The third kappa shape index (κ3) is 4.52. The van der Waals surface area contributed by atoms with Crippen LogP contribution in [0.5, 0.6) is 11.5 Å². The van der Waals surface area contributed by atoms with Crippen LogP contribution in [0.2, 0.25) is 0 Å². The molecular formula is C22H25N3O3. The zero-order chi connectivity index (χ0) is 19.9. The molecule has 0 radical (unpaired) electrons. The van der Waals surface area contributed by atoms with Gasteiger partial charge in [-0.25, -0.2) is 4.98 Å². The van der Waals surface area contributed by atoms with Crippen LogP contribution in [-0.4, -0.2) is 28.7 Å². The first-order chi connectivity index (χ1) is 13.6. The number of amides is 1. The van der Waals surface area contributed by atoms with Crippen molar-refractivity contribution in [1.29, 1.82) is 0 Å². The summed E-state index contributed by atoms with van der Waals surface area (Å²) in [5.74, 6) is 2.00. The molecule has 0 saturated carbocycles. The maximum absolute atomic E-state index is 12.2. The maximum atomic E-state index is 12.2. The third-order valence-corrected chi connectivity index (χ3v) is 4.30. The number of rotatable bonds is 8. The number of hydrogen-bond donors (Lipinski definition) is 1. The molecule has 0 atom stereocenters. The summed E-state index contributed by atoms with van der Waals surface area (Å²) in [5, 5.41) is 2.88.